The standard InChI is InChI=1S/C10H15BrN4/c1-2-13-10(15-12)14-7-8-4-3-5-9(11)6-8/h3-6H,2,7,12H2,1H3,(H2,13,14,15). The fourth-order valence-corrected chi connectivity index (χ4v) is 1.57. The molecule has 0 aromatic heterocycles. The largest absolute Gasteiger partial charge is 0.356 e. The minimum atomic E-state index is 0.603. The molecule has 0 heterocycles. The maximum atomic E-state index is 5.30. The van der Waals surface area contributed by atoms with Gasteiger partial charge in [-0.25, -0.2) is 10.8 Å². The first-order valence-corrected chi connectivity index (χ1v) is 5.55. The van der Waals surface area contributed by atoms with Gasteiger partial charge in [0.15, 0.2) is 0 Å². The van der Waals surface area contributed by atoms with E-state index < -0.39 is 0 Å². The zero-order chi connectivity index (χ0) is 11.1. The monoisotopic (exact) mass is 270 g/mol. The molecule has 0 atom stereocenters. The molecule has 0 radical (unpaired) electrons. The molecule has 0 spiro atoms. The Balaban J connectivity index is 2.61. The lowest BCUT2D eigenvalue weighted by Crippen LogP contribution is -2.41. The van der Waals surface area contributed by atoms with Crippen molar-refractivity contribution < 1.29 is 0 Å². The third-order valence-electron chi connectivity index (χ3n) is 1.79. The molecule has 4 N–H and O–H groups in total. The Morgan fingerprint density at radius 2 is 2.33 bits per heavy atom. The number of nitrogens with two attached hydrogens (primary N) is 1. The number of hydrogen-bond acceptors (Lipinski definition) is 2. The number of rotatable bonds is 3. The number of aliphatic imine (C=N–C) groups is 1. The van der Waals surface area contributed by atoms with Gasteiger partial charge in [-0.3, -0.25) is 5.43 Å². The summed E-state index contributed by atoms with van der Waals surface area (Å²) in [5.74, 6) is 5.91. The van der Waals surface area contributed by atoms with E-state index in [-0.39, 0.29) is 0 Å². The van der Waals surface area contributed by atoms with Gasteiger partial charge in [-0.05, 0) is 24.6 Å². The number of benzene rings is 1. The van der Waals surface area contributed by atoms with Gasteiger partial charge in [0.1, 0.15) is 0 Å². The lowest BCUT2D eigenvalue weighted by molar-refractivity contribution is 0.852. The Hall–Kier alpha value is -1.07. The molecule has 0 saturated carbocycles. The molecule has 0 aliphatic carbocycles. The molecule has 0 fully saturated rings. The predicted molar refractivity (Wildman–Crippen MR) is 66.3 cm³/mol. The second-order valence-electron chi connectivity index (χ2n) is 2.97. The summed E-state index contributed by atoms with van der Waals surface area (Å²) in [6, 6.07) is 8.02. The van der Waals surface area contributed by atoms with Gasteiger partial charge in [0.25, 0.3) is 0 Å². The minimum Gasteiger partial charge on any atom is -0.356 e. The number of halogens is 1. The summed E-state index contributed by atoms with van der Waals surface area (Å²) in [7, 11) is 0. The molecule has 0 aliphatic heterocycles. The van der Waals surface area contributed by atoms with Gasteiger partial charge in [0, 0.05) is 11.0 Å². The highest BCUT2D eigenvalue weighted by Crippen LogP contribution is 2.12. The minimum absolute atomic E-state index is 0.603. The molecule has 1 aromatic carbocycles. The molecule has 0 unspecified atom stereocenters. The molecule has 1 aromatic rings. The van der Waals surface area contributed by atoms with E-state index in [2.05, 4.69) is 31.7 Å². The quantitative estimate of drug-likeness (QED) is 0.337. The highest BCUT2D eigenvalue weighted by atomic mass is 79.9. The molecular weight excluding hydrogens is 256 g/mol. The van der Waals surface area contributed by atoms with Gasteiger partial charge < -0.3 is 5.32 Å². The lowest BCUT2D eigenvalue weighted by Gasteiger charge is -2.06. The van der Waals surface area contributed by atoms with E-state index in [1.54, 1.807) is 0 Å². The summed E-state index contributed by atoms with van der Waals surface area (Å²) in [6.07, 6.45) is 0. The third-order valence-corrected chi connectivity index (χ3v) is 2.28. The van der Waals surface area contributed by atoms with Crippen LogP contribution in [0.2, 0.25) is 0 Å². The molecule has 1 rings (SSSR count). The summed E-state index contributed by atoms with van der Waals surface area (Å²) >= 11 is 3.41. The maximum absolute atomic E-state index is 5.30. The third kappa shape index (κ3) is 4.31. The highest BCUT2D eigenvalue weighted by molar-refractivity contribution is 9.10. The predicted octanol–water partition coefficient (Wildman–Crippen LogP) is 1.38. The van der Waals surface area contributed by atoms with Gasteiger partial charge in [-0.2, -0.15) is 0 Å². The second kappa shape index (κ2) is 6.42. The first-order valence-electron chi connectivity index (χ1n) is 4.75. The van der Waals surface area contributed by atoms with Crippen LogP contribution in [0, 0.1) is 0 Å². The van der Waals surface area contributed by atoms with Crippen molar-refractivity contribution in [1.29, 1.82) is 0 Å². The molecule has 0 amide bonds. The van der Waals surface area contributed by atoms with E-state index in [9.17, 15) is 0 Å². The maximum Gasteiger partial charge on any atom is 0.206 e. The van der Waals surface area contributed by atoms with Crippen LogP contribution in [0.3, 0.4) is 0 Å². The van der Waals surface area contributed by atoms with Crippen LogP contribution in [0.25, 0.3) is 0 Å². The Bertz CT molecular complexity index is 338. The molecule has 15 heavy (non-hydrogen) atoms. The molecule has 0 saturated heterocycles. The molecule has 82 valence electrons. The van der Waals surface area contributed by atoms with Crippen LogP contribution in [-0.2, 0) is 6.54 Å². The van der Waals surface area contributed by atoms with Crippen molar-refractivity contribution in [3.8, 4) is 0 Å². The first-order chi connectivity index (χ1) is 7.26. The normalized spacial score (nSPS) is 11.3. The summed E-state index contributed by atoms with van der Waals surface area (Å²) in [5.41, 5.74) is 3.65. The topological polar surface area (TPSA) is 62.4 Å². The number of guanidine groups is 1. The van der Waals surface area contributed by atoms with Crippen LogP contribution in [0.15, 0.2) is 33.7 Å². The summed E-state index contributed by atoms with van der Waals surface area (Å²) in [5, 5.41) is 3.02. The zero-order valence-corrected chi connectivity index (χ0v) is 10.2. The molecule has 4 nitrogen and oxygen atoms in total. The number of nitrogens with one attached hydrogen (secondary N) is 2. The smallest absolute Gasteiger partial charge is 0.206 e. The highest BCUT2D eigenvalue weighted by Gasteiger charge is 1.95. The van der Waals surface area contributed by atoms with Crippen molar-refractivity contribution in [2.75, 3.05) is 6.54 Å². The van der Waals surface area contributed by atoms with Crippen LogP contribution in [0.4, 0.5) is 0 Å². The Labute approximate surface area is 98.1 Å². The van der Waals surface area contributed by atoms with E-state index in [0.29, 0.717) is 12.5 Å². The number of hydrazine groups is 1. The van der Waals surface area contributed by atoms with Gasteiger partial charge in [0.2, 0.25) is 5.96 Å². The van der Waals surface area contributed by atoms with Gasteiger partial charge in [-0.1, -0.05) is 28.1 Å². The van der Waals surface area contributed by atoms with Crippen molar-refractivity contribution >= 4 is 21.9 Å². The average Bonchev–Trinajstić information content (AvgIpc) is 2.24. The fourth-order valence-electron chi connectivity index (χ4n) is 1.13. The van der Waals surface area contributed by atoms with Crippen LogP contribution < -0.4 is 16.6 Å². The van der Waals surface area contributed by atoms with E-state index in [1.807, 2.05) is 31.2 Å². The fraction of sp³-hybridized carbons (Fsp3) is 0.300. The summed E-state index contributed by atoms with van der Waals surface area (Å²) in [4.78, 5) is 4.29. The van der Waals surface area contributed by atoms with E-state index in [1.165, 1.54) is 0 Å². The zero-order valence-electron chi connectivity index (χ0n) is 8.63. The van der Waals surface area contributed by atoms with Crippen LogP contribution in [0.5, 0.6) is 0 Å². The SMILES string of the molecule is CCNC(=NCc1cccc(Br)c1)NN. The number of hydrogen-bond donors (Lipinski definition) is 3. The van der Waals surface area contributed by atoms with Crippen LogP contribution in [0.1, 0.15) is 12.5 Å². The Kier molecular flexibility index (Phi) is 5.14. The van der Waals surface area contributed by atoms with E-state index in [4.69, 9.17) is 5.84 Å². The average molecular weight is 271 g/mol. The van der Waals surface area contributed by atoms with Crippen molar-refractivity contribution in [3.63, 3.8) is 0 Å². The Morgan fingerprint density at radius 3 is 2.93 bits per heavy atom. The second-order valence-corrected chi connectivity index (χ2v) is 3.89. The van der Waals surface area contributed by atoms with Gasteiger partial charge >= 0.3 is 0 Å². The molecule has 5 heteroatoms. The van der Waals surface area contributed by atoms with Crippen LogP contribution >= 0.6 is 15.9 Å². The molecule has 0 aliphatic rings. The summed E-state index contributed by atoms with van der Waals surface area (Å²) in [6.45, 7) is 3.39. The lowest BCUT2D eigenvalue weighted by atomic mass is 10.2. The van der Waals surface area contributed by atoms with Crippen molar-refractivity contribution in [3.05, 3.63) is 34.3 Å². The summed E-state index contributed by atoms with van der Waals surface area (Å²) < 4.78 is 1.06. The van der Waals surface area contributed by atoms with Crippen molar-refractivity contribution in [2.45, 2.75) is 13.5 Å². The van der Waals surface area contributed by atoms with Crippen molar-refractivity contribution in [2.24, 2.45) is 10.8 Å². The van der Waals surface area contributed by atoms with E-state index in [0.717, 1.165) is 16.6 Å². The first kappa shape index (κ1) is 12.0. The van der Waals surface area contributed by atoms with Gasteiger partial charge in [-0.15, -0.1) is 0 Å². The van der Waals surface area contributed by atoms with E-state index >= 15 is 0 Å². The van der Waals surface area contributed by atoms with Gasteiger partial charge in [0.05, 0.1) is 6.54 Å². The molecule has 0 bridgehead atoms. The van der Waals surface area contributed by atoms with Crippen molar-refractivity contribution in [1.82, 2.24) is 10.7 Å². The Morgan fingerprint density at radius 1 is 1.53 bits per heavy atom. The number of nitrogens with zero attached hydrogens (tertiary/aromatic N) is 1. The van der Waals surface area contributed by atoms with Crippen LogP contribution in [-0.4, -0.2) is 12.5 Å². The molecular formula is C10H15BrN4.